The summed E-state index contributed by atoms with van der Waals surface area (Å²) in [6.45, 7) is 0.770. The molecule has 0 unspecified atom stereocenters. The van der Waals surface area contributed by atoms with Crippen molar-refractivity contribution in [3.05, 3.63) is 65.2 Å². The number of halogens is 3. The summed E-state index contributed by atoms with van der Waals surface area (Å²) < 4.78 is 73.5. The number of sulfonamides is 1. The number of ether oxygens (including phenoxy) is 1. The largest absolute Gasteiger partial charge is 0.416 e. The zero-order valence-electron chi connectivity index (χ0n) is 19.9. The molecule has 2 aliphatic heterocycles. The minimum Gasteiger partial charge on any atom is -0.378 e. The predicted molar refractivity (Wildman–Crippen MR) is 130 cm³/mol. The van der Waals surface area contributed by atoms with Crippen LogP contribution in [0.3, 0.4) is 0 Å². The number of benzene rings is 2. The second kappa shape index (κ2) is 10.5. The highest BCUT2D eigenvalue weighted by Gasteiger charge is 2.44. The van der Waals surface area contributed by atoms with E-state index in [2.05, 4.69) is 10.6 Å². The fraction of sp³-hybridized carbons (Fsp3) is 0.520. The third kappa shape index (κ3) is 5.82. The molecule has 35 heavy (non-hydrogen) atoms. The average molecular weight is 512 g/mol. The van der Waals surface area contributed by atoms with E-state index in [1.165, 1.54) is 23.5 Å². The van der Waals surface area contributed by atoms with Gasteiger partial charge in [0.25, 0.3) is 0 Å². The van der Waals surface area contributed by atoms with Crippen LogP contribution in [-0.2, 0) is 20.9 Å². The van der Waals surface area contributed by atoms with Gasteiger partial charge in [0.15, 0.2) is 0 Å². The first-order chi connectivity index (χ1) is 16.6. The molecule has 2 aromatic carbocycles. The number of fused-ring (bicyclic) bond motifs is 3. The second-order valence-corrected chi connectivity index (χ2v) is 11.5. The van der Waals surface area contributed by atoms with Crippen molar-refractivity contribution in [3.8, 4) is 0 Å². The molecule has 2 aromatic rings. The van der Waals surface area contributed by atoms with Crippen LogP contribution in [0, 0.1) is 5.92 Å². The monoisotopic (exact) mass is 511 g/mol. The Morgan fingerprint density at radius 3 is 2.57 bits per heavy atom. The molecule has 0 saturated carbocycles. The smallest absolute Gasteiger partial charge is 0.378 e. The quantitative estimate of drug-likeness (QED) is 0.508. The Hall–Kier alpha value is -2.14. The average Bonchev–Trinajstić information content (AvgIpc) is 2.83. The van der Waals surface area contributed by atoms with Crippen molar-refractivity contribution in [1.29, 1.82) is 0 Å². The Kier molecular flexibility index (Phi) is 7.75. The number of nitrogens with zero attached hydrogens (tertiary/aromatic N) is 1. The molecule has 0 aromatic heterocycles. The fourth-order valence-electron chi connectivity index (χ4n) is 5.04. The SMILES string of the molecule is CNCCCS(=O)(=O)N(C)C[C@H]1CC[C@@H]2[C@H](O1)c1cc(C(F)(F)F)ccc1N[C@H]2c1ccccc1. The van der Waals surface area contributed by atoms with Crippen molar-refractivity contribution in [2.45, 2.75) is 43.7 Å². The van der Waals surface area contributed by atoms with Crippen molar-refractivity contribution < 1.29 is 26.3 Å². The molecule has 192 valence electrons. The molecule has 4 rings (SSSR count). The van der Waals surface area contributed by atoms with E-state index in [0.29, 0.717) is 37.1 Å². The van der Waals surface area contributed by atoms with Crippen LogP contribution in [0.4, 0.5) is 18.9 Å². The summed E-state index contributed by atoms with van der Waals surface area (Å²) in [5.41, 5.74) is 1.41. The molecule has 0 spiro atoms. The highest BCUT2D eigenvalue weighted by molar-refractivity contribution is 7.89. The van der Waals surface area contributed by atoms with E-state index >= 15 is 0 Å². The van der Waals surface area contributed by atoms with Crippen LogP contribution >= 0.6 is 0 Å². The van der Waals surface area contributed by atoms with E-state index in [4.69, 9.17) is 4.74 Å². The summed E-state index contributed by atoms with van der Waals surface area (Å²) in [6.07, 6.45) is -3.62. The maximum atomic E-state index is 13.5. The molecule has 0 amide bonds. The first-order valence-corrected chi connectivity index (χ1v) is 13.5. The molecule has 6 nitrogen and oxygen atoms in total. The standard InChI is InChI=1S/C25H32F3N3O3S/c1-29-13-6-14-35(32,33)31(2)16-19-10-11-20-23(17-7-4-3-5-8-17)30-22-12-9-18(25(26,27)28)15-21(22)24(20)34-19/h3-5,7-9,12,15,19-20,23-24,29-30H,6,10-11,13-14,16H2,1-2H3/t19-,20+,23+,24+/m1/s1. The van der Waals surface area contributed by atoms with Gasteiger partial charge in [-0.05, 0) is 56.6 Å². The van der Waals surface area contributed by atoms with Gasteiger partial charge in [-0.2, -0.15) is 13.2 Å². The number of anilines is 1. The molecule has 0 aliphatic carbocycles. The summed E-state index contributed by atoms with van der Waals surface area (Å²) in [5, 5.41) is 6.38. The van der Waals surface area contributed by atoms with Gasteiger partial charge in [-0.25, -0.2) is 12.7 Å². The van der Waals surface area contributed by atoms with Gasteiger partial charge in [0, 0.05) is 30.8 Å². The Labute approximate surface area is 204 Å². The van der Waals surface area contributed by atoms with E-state index < -0.39 is 34.0 Å². The number of alkyl halides is 3. The first kappa shape index (κ1) is 25.9. The van der Waals surface area contributed by atoms with Crippen molar-refractivity contribution in [2.75, 3.05) is 38.3 Å². The molecular formula is C25H32F3N3O3S. The van der Waals surface area contributed by atoms with E-state index in [1.54, 1.807) is 7.05 Å². The minimum absolute atomic E-state index is 0.0287. The topological polar surface area (TPSA) is 70.7 Å². The second-order valence-electron chi connectivity index (χ2n) is 9.31. The van der Waals surface area contributed by atoms with Crippen molar-refractivity contribution in [3.63, 3.8) is 0 Å². The number of nitrogens with one attached hydrogen (secondary N) is 2. The van der Waals surface area contributed by atoms with Crippen LogP contribution in [0.25, 0.3) is 0 Å². The first-order valence-electron chi connectivity index (χ1n) is 11.9. The molecule has 1 saturated heterocycles. The maximum Gasteiger partial charge on any atom is 0.416 e. The van der Waals surface area contributed by atoms with Crippen molar-refractivity contribution >= 4 is 15.7 Å². The summed E-state index contributed by atoms with van der Waals surface area (Å²) in [5.74, 6) is -0.0527. The minimum atomic E-state index is -4.46. The normalized spacial score (nSPS) is 24.5. The Morgan fingerprint density at radius 2 is 1.89 bits per heavy atom. The predicted octanol–water partition coefficient (Wildman–Crippen LogP) is 4.58. The highest BCUT2D eigenvalue weighted by Crippen LogP contribution is 2.51. The zero-order valence-corrected chi connectivity index (χ0v) is 20.7. The van der Waals surface area contributed by atoms with Gasteiger partial charge in [0.2, 0.25) is 10.0 Å². The summed E-state index contributed by atoms with van der Waals surface area (Å²) in [4.78, 5) is 0. The lowest BCUT2D eigenvalue weighted by Gasteiger charge is -2.46. The molecule has 1 fully saturated rings. The fourth-order valence-corrected chi connectivity index (χ4v) is 6.26. The number of hydrogen-bond donors (Lipinski definition) is 2. The van der Waals surface area contributed by atoms with Crippen LogP contribution in [0.15, 0.2) is 48.5 Å². The molecule has 0 radical (unpaired) electrons. The van der Waals surface area contributed by atoms with Gasteiger partial charge in [0.05, 0.1) is 29.6 Å². The molecule has 2 heterocycles. The molecule has 2 N–H and O–H groups in total. The van der Waals surface area contributed by atoms with E-state index in [1.807, 2.05) is 30.3 Å². The van der Waals surface area contributed by atoms with Crippen molar-refractivity contribution in [1.82, 2.24) is 9.62 Å². The molecule has 0 bridgehead atoms. The Morgan fingerprint density at radius 1 is 1.14 bits per heavy atom. The van der Waals surface area contributed by atoms with E-state index in [0.717, 1.165) is 11.6 Å². The van der Waals surface area contributed by atoms with E-state index in [-0.39, 0.29) is 24.3 Å². The van der Waals surface area contributed by atoms with Crippen molar-refractivity contribution in [2.24, 2.45) is 5.92 Å². The Balaban J connectivity index is 1.60. The van der Waals surface area contributed by atoms with Crippen LogP contribution < -0.4 is 10.6 Å². The van der Waals surface area contributed by atoms with Crippen LogP contribution in [-0.4, -0.2) is 51.8 Å². The van der Waals surface area contributed by atoms with Gasteiger partial charge in [0.1, 0.15) is 0 Å². The van der Waals surface area contributed by atoms with E-state index in [9.17, 15) is 21.6 Å². The molecule has 10 heteroatoms. The lowest BCUT2D eigenvalue weighted by Crippen LogP contribution is -2.44. The van der Waals surface area contributed by atoms with Gasteiger partial charge in [-0.3, -0.25) is 0 Å². The maximum absolute atomic E-state index is 13.5. The number of hydrogen-bond acceptors (Lipinski definition) is 5. The van der Waals surface area contributed by atoms with Gasteiger partial charge in [-0.1, -0.05) is 30.3 Å². The van der Waals surface area contributed by atoms with Gasteiger partial charge < -0.3 is 15.4 Å². The summed E-state index contributed by atoms with van der Waals surface area (Å²) >= 11 is 0. The zero-order chi connectivity index (χ0) is 25.2. The summed E-state index contributed by atoms with van der Waals surface area (Å²) in [6, 6.07) is 13.4. The van der Waals surface area contributed by atoms with Crippen LogP contribution in [0.5, 0.6) is 0 Å². The Bertz CT molecular complexity index is 1110. The molecule has 4 atom stereocenters. The number of rotatable bonds is 8. The van der Waals surface area contributed by atoms with Crippen LogP contribution in [0.2, 0.25) is 0 Å². The van der Waals surface area contributed by atoms with Gasteiger partial charge in [-0.15, -0.1) is 0 Å². The summed E-state index contributed by atoms with van der Waals surface area (Å²) in [7, 11) is -0.142. The lowest BCUT2D eigenvalue weighted by atomic mass is 9.76. The van der Waals surface area contributed by atoms with Gasteiger partial charge >= 0.3 is 6.18 Å². The lowest BCUT2D eigenvalue weighted by molar-refractivity contribution is -0.138. The third-order valence-electron chi connectivity index (χ3n) is 6.90. The highest BCUT2D eigenvalue weighted by atomic mass is 32.2. The van der Waals surface area contributed by atoms with Crippen LogP contribution in [0.1, 0.15) is 48.1 Å². The molecular weight excluding hydrogens is 479 g/mol. The number of likely N-dealkylation sites (N-methyl/N-ethyl adjacent to an activating group) is 1. The molecule has 2 aliphatic rings. The third-order valence-corrected chi connectivity index (χ3v) is 8.80.